The molecule has 0 atom stereocenters. The van der Waals surface area contributed by atoms with E-state index in [2.05, 4.69) is 9.97 Å². The van der Waals surface area contributed by atoms with Crippen LogP contribution in [0.15, 0.2) is 36.7 Å². The maximum absolute atomic E-state index is 9.33. The van der Waals surface area contributed by atoms with Crippen molar-refractivity contribution in [3.05, 3.63) is 42.2 Å². The minimum Gasteiger partial charge on any atom is -0.508 e. The fourth-order valence-electron chi connectivity index (χ4n) is 2.67. The van der Waals surface area contributed by atoms with Crippen molar-refractivity contribution in [1.82, 2.24) is 9.97 Å². The molecular weight excluding hydrogens is 328 g/mol. The first kappa shape index (κ1) is 20.3. The number of unbranched alkanes of at least 4 members (excludes halogenated alkanes) is 4. The number of benzene rings is 1. The van der Waals surface area contributed by atoms with Gasteiger partial charge in [0.1, 0.15) is 5.75 Å². The fraction of sp³-hybridized carbons (Fsp3) is 0.524. The molecule has 0 amide bonds. The highest BCUT2D eigenvalue weighted by Crippen LogP contribution is 2.18. The van der Waals surface area contributed by atoms with Gasteiger partial charge in [-0.25, -0.2) is 9.97 Å². The average molecular weight is 358 g/mol. The zero-order chi connectivity index (χ0) is 18.5. The number of rotatable bonds is 13. The Morgan fingerprint density at radius 2 is 1.46 bits per heavy atom. The van der Waals surface area contributed by atoms with E-state index in [1.165, 1.54) is 24.8 Å². The quantitative estimate of drug-likeness (QED) is 0.538. The van der Waals surface area contributed by atoms with Crippen LogP contribution < -0.4 is 0 Å². The summed E-state index contributed by atoms with van der Waals surface area (Å²) in [5.74, 6) is 0.945. The van der Waals surface area contributed by atoms with Crippen LogP contribution >= 0.6 is 0 Å². The Labute approximate surface area is 156 Å². The van der Waals surface area contributed by atoms with E-state index in [1.807, 2.05) is 31.5 Å². The lowest BCUT2D eigenvalue weighted by Crippen LogP contribution is -2.04. The van der Waals surface area contributed by atoms with E-state index in [0.717, 1.165) is 38.0 Å². The molecule has 0 aliphatic carbocycles. The number of phenols is 1. The van der Waals surface area contributed by atoms with Crippen LogP contribution in [0.25, 0.3) is 11.4 Å². The van der Waals surface area contributed by atoms with Crippen LogP contribution in [0.5, 0.6) is 5.75 Å². The van der Waals surface area contributed by atoms with Crippen molar-refractivity contribution in [2.45, 2.75) is 45.4 Å². The molecule has 0 saturated heterocycles. The molecule has 2 aromatic rings. The molecule has 26 heavy (non-hydrogen) atoms. The van der Waals surface area contributed by atoms with Crippen molar-refractivity contribution in [3.63, 3.8) is 0 Å². The summed E-state index contributed by atoms with van der Waals surface area (Å²) in [4.78, 5) is 8.86. The second kappa shape index (κ2) is 12.4. The van der Waals surface area contributed by atoms with E-state index in [1.54, 1.807) is 12.1 Å². The zero-order valence-corrected chi connectivity index (χ0v) is 15.7. The van der Waals surface area contributed by atoms with Gasteiger partial charge in [-0.2, -0.15) is 0 Å². The summed E-state index contributed by atoms with van der Waals surface area (Å²) in [6, 6.07) is 6.95. The van der Waals surface area contributed by atoms with Crippen LogP contribution in [0, 0.1) is 0 Å². The highest BCUT2D eigenvalue weighted by atomic mass is 16.5. The van der Waals surface area contributed by atoms with E-state index >= 15 is 0 Å². The topological polar surface area (TPSA) is 64.5 Å². The lowest BCUT2D eigenvalue weighted by molar-refractivity contribution is 0.0512. The minimum atomic E-state index is 0.252. The second-order valence-corrected chi connectivity index (χ2v) is 6.29. The molecule has 0 spiro atoms. The maximum atomic E-state index is 9.33. The lowest BCUT2D eigenvalue weighted by Gasteiger charge is -2.05. The monoisotopic (exact) mass is 358 g/mol. The van der Waals surface area contributed by atoms with Crippen LogP contribution in [0.3, 0.4) is 0 Å². The molecule has 1 heterocycles. The summed E-state index contributed by atoms with van der Waals surface area (Å²) >= 11 is 0. The number of ether oxygens (including phenoxy) is 2. The Morgan fingerprint density at radius 3 is 2.19 bits per heavy atom. The van der Waals surface area contributed by atoms with Gasteiger partial charge in [0, 0.05) is 31.2 Å². The van der Waals surface area contributed by atoms with Crippen LogP contribution in [0.1, 0.15) is 44.6 Å². The molecule has 0 fully saturated rings. The number of nitrogens with zero attached hydrogens (tertiary/aromatic N) is 2. The van der Waals surface area contributed by atoms with Crippen molar-refractivity contribution in [3.8, 4) is 17.1 Å². The first-order valence-corrected chi connectivity index (χ1v) is 9.55. The Morgan fingerprint density at radius 1 is 0.808 bits per heavy atom. The molecular formula is C21H30N2O3. The highest BCUT2D eigenvalue weighted by molar-refractivity contribution is 5.55. The average Bonchev–Trinajstić information content (AvgIpc) is 2.67. The SMILES string of the molecule is CCOCCOCCCCCCCc1cnc(-c2ccc(O)cc2)nc1. The van der Waals surface area contributed by atoms with Crippen molar-refractivity contribution in [2.75, 3.05) is 26.4 Å². The van der Waals surface area contributed by atoms with E-state index in [0.29, 0.717) is 19.0 Å². The normalized spacial score (nSPS) is 11.0. The Bertz CT molecular complexity index is 600. The standard InChI is InChI=1S/C21H30N2O3/c1-2-25-14-15-26-13-7-5-3-4-6-8-18-16-22-21(23-17-18)19-9-11-20(24)12-10-19/h9-12,16-17,24H,2-8,13-15H2,1H3. The molecule has 2 rings (SSSR count). The number of hydrogen-bond acceptors (Lipinski definition) is 5. The minimum absolute atomic E-state index is 0.252. The van der Waals surface area contributed by atoms with E-state index in [9.17, 15) is 5.11 Å². The molecule has 1 aromatic carbocycles. The van der Waals surface area contributed by atoms with Gasteiger partial charge in [0.2, 0.25) is 0 Å². The Balaban J connectivity index is 1.54. The van der Waals surface area contributed by atoms with E-state index in [-0.39, 0.29) is 5.75 Å². The van der Waals surface area contributed by atoms with Crippen molar-refractivity contribution in [1.29, 1.82) is 0 Å². The molecule has 0 bridgehead atoms. The van der Waals surface area contributed by atoms with Gasteiger partial charge in [-0.3, -0.25) is 0 Å². The molecule has 0 aliphatic heterocycles. The molecule has 1 aromatic heterocycles. The summed E-state index contributed by atoms with van der Waals surface area (Å²) < 4.78 is 10.7. The lowest BCUT2D eigenvalue weighted by atomic mass is 10.1. The molecule has 0 saturated carbocycles. The van der Waals surface area contributed by atoms with Gasteiger partial charge in [-0.05, 0) is 56.0 Å². The third kappa shape index (κ3) is 7.93. The smallest absolute Gasteiger partial charge is 0.159 e. The summed E-state index contributed by atoms with van der Waals surface area (Å²) in [5.41, 5.74) is 2.09. The third-order valence-electron chi connectivity index (χ3n) is 4.16. The van der Waals surface area contributed by atoms with Crippen molar-refractivity contribution in [2.24, 2.45) is 0 Å². The zero-order valence-electron chi connectivity index (χ0n) is 15.7. The predicted octanol–water partition coefficient (Wildman–Crippen LogP) is 4.40. The summed E-state index contributed by atoms with van der Waals surface area (Å²) in [5, 5.41) is 9.33. The molecule has 5 nitrogen and oxygen atoms in total. The second-order valence-electron chi connectivity index (χ2n) is 6.29. The van der Waals surface area contributed by atoms with Crippen LogP contribution in [0.2, 0.25) is 0 Å². The van der Waals surface area contributed by atoms with Gasteiger partial charge in [-0.1, -0.05) is 19.3 Å². The summed E-state index contributed by atoms with van der Waals surface area (Å²) in [6.45, 7) is 4.99. The maximum Gasteiger partial charge on any atom is 0.159 e. The molecule has 0 radical (unpaired) electrons. The Kier molecular flexibility index (Phi) is 9.69. The van der Waals surface area contributed by atoms with Crippen LogP contribution in [-0.2, 0) is 15.9 Å². The number of aromatic nitrogens is 2. The first-order chi connectivity index (χ1) is 12.8. The molecule has 142 valence electrons. The fourth-order valence-corrected chi connectivity index (χ4v) is 2.67. The van der Waals surface area contributed by atoms with Gasteiger partial charge in [-0.15, -0.1) is 0 Å². The van der Waals surface area contributed by atoms with Gasteiger partial charge in [0.15, 0.2) is 5.82 Å². The van der Waals surface area contributed by atoms with Crippen LogP contribution in [0.4, 0.5) is 0 Å². The van der Waals surface area contributed by atoms with Gasteiger partial charge in [0.25, 0.3) is 0 Å². The van der Waals surface area contributed by atoms with Gasteiger partial charge in [0.05, 0.1) is 13.2 Å². The van der Waals surface area contributed by atoms with Crippen molar-refractivity contribution < 1.29 is 14.6 Å². The van der Waals surface area contributed by atoms with E-state index in [4.69, 9.17) is 9.47 Å². The van der Waals surface area contributed by atoms with Crippen LogP contribution in [-0.4, -0.2) is 41.5 Å². The number of aryl methyl sites for hydroxylation is 1. The third-order valence-corrected chi connectivity index (χ3v) is 4.16. The summed E-state index contributed by atoms with van der Waals surface area (Å²) in [7, 11) is 0. The Hall–Kier alpha value is -1.98. The van der Waals surface area contributed by atoms with Gasteiger partial charge < -0.3 is 14.6 Å². The number of phenolic OH excluding ortho intramolecular Hbond substituents is 1. The molecule has 1 N–H and O–H groups in total. The van der Waals surface area contributed by atoms with Gasteiger partial charge >= 0.3 is 0 Å². The van der Waals surface area contributed by atoms with Crippen molar-refractivity contribution >= 4 is 0 Å². The predicted molar refractivity (Wildman–Crippen MR) is 103 cm³/mol. The van der Waals surface area contributed by atoms with E-state index < -0.39 is 0 Å². The molecule has 0 unspecified atom stereocenters. The molecule has 5 heteroatoms. The number of hydrogen-bond donors (Lipinski definition) is 1. The first-order valence-electron chi connectivity index (χ1n) is 9.55. The largest absolute Gasteiger partial charge is 0.508 e. The molecule has 0 aliphatic rings. The summed E-state index contributed by atoms with van der Waals surface area (Å²) in [6.07, 6.45) is 10.8. The highest BCUT2D eigenvalue weighted by Gasteiger charge is 2.02. The number of aromatic hydroxyl groups is 1.